The molecule has 2 N–H and O–H groups in total. The maximum atomic E-state index is 12.2. The van der Waals surface area contributed by atoms with Crippen LogP contribution >= 0.6 is 0 Å². The Bertz CT molecular complexity index is 1250. The summed E-state index contributed by atoms with van der Waals surface area (Å²) < 4.78 is 38.6. The number of halogens is 3. The van der Waals surface area contributed by atoms with Crippen LogP contribution in [0.2, 0.25) is 0 Å². The molecule has 4 aromatic rings. The van der Waals surface area contributed by atoms with Crippen LogP contribution in [0.15, 0.2) is 61.2 Å². The number of rotatable bonds is 4. The molecular formula is C21H17F3N6O. The zero-order valence-corrected chi connectivity index (χ0v) is 16.3. The van der Waals surface area contributed by atoms with E-state index < -0.39 is 18.8 Å². The van der Waals surface area contributed by atoms with Gasteiger partial charge in [-0.15, -0.1) is 0 Å². The van der Waals surface area contributed by atoms with Crippen molar-refractivity contribution in [3.63, 3.8) is 0 Å². The monoisotopic (exact) mass is 426 g/mol. The molecule has 0 unspecified atom stereocenters. The zero-order chi connectivity index (χ0) is 22.0. The van der Waals surface area contributed by atoms with Gasteiger partial charge < -0.3 is 10.6 Å². The van der Waals surface area contributed by atoms with Crippen LogP contribution < -0.4 is 10.6 Å². The number of benzene rings is 1. The summed E-state index contributed by atoms with van der Waals surface area (Å²) >= 11 is 0. The van der Waals surface area contributed by atoms with E-state index in [0.29, 0.717) is 11.3 Å². The number of nitrogens with one attached hydrogen (secondary N) is 2. The minimum Gasteiger partial charge on any atom is -0.329 e. The predicted molar refractivity (Wildman–Crippen MR) is 109 cm³/mol. The molecule has 0 spiro atoms. The average Bonchev–Trinajstić information content (AvgIpc) is 3.15. The number of fused-ring (bicyclic) bond motifs is 1. The molecule has 0 aliphatic rings. The second-order valence-electron chi connectivity index (χ2n) is 6.84. The number of urea groups is 1. The number of hydrogen-bond acceptors (Lipinski definition) is 4. The number of nitrogens with zero attached hydrogens (tertiary/aromatic N) is 4. The van der Waals surface area contributed by atoms with E-state index in [9.17, 15) is 18.0 Å². The Morgan fingerprint density at radius 2 is 1.94 bits per heavy atom. The van der Waals surface area contributed by atoms with Crippen molar-refractivity contribution < 1.29 is 18.0 Å². The molecule has 31 heavy (non-hydrogen) atoms. The first kappa shape index (κ1) is 20.3. The summed E-state index contributed by atoms with van der Waals surface area (Å²) in [4.78, 5) is 24.8. The van der Waals surface area contributed by atoms with Gasteiger partial charge in [-0.2, -0.15) is 13.2 Å². The number of alkyl halides is 3. The quantitative estimate of drug-likeness (QED) is 0.505. The number of aryl methyl sites for hydroxylation is 1. The first-order valence-corrected chi connectivity index (χ1v) is 9.27. The molecule has 0 saturated carbocycles. The number of aromatic nitrogens is 4. The minimum absolute atomic E-state index is 0.360. The smallest absolute Gasteiger partial charge is 0.329 e. The van der Waals surface area contributed by atoms with E-state index >= 15 is 0 Å². The third-order valence-electron chi connectivity index (χ3n) is 4.43. The molecular weight excluding hydrogens is 409 g/mol. The summed E-state index contributed by atoms with van der Waals surface area (Å²) in [7, 11) is 0. The number of hydrogen-bond donors (Lipinski definition) is 2. The summed E-state index contributed by atoms with van der Waals surface area (Å²) in [5, 5.41) is 4.18. The van der Waals surface area contributed by atoms with Crippen LogP contribution in [-0.4, -0.2) is 38.1 Å². The molecule has 3 aromatic heterocycles. The van der Waals surface area contributed by atoms with Crippen LogP contribution in [0.5, 0.6) is 0 Å². The lowest BCUT2D eigenvalue weighted by atomic mass is 10.1. The van der Waals surface area contributed by atoms with Crippen molar-refractivity contribution in [2.45, 2.75) is 13.1 Å². The van der Waals surface area contributed by atoms with Gasteiger partial charge in [0.15, 0.2) is 0 Å². The van der Waals surface area contributed by atoms with Gasteiger partial charge in [-0.25, -0.2) is 14.8 Å². The number of carbonyl (C=O) groups is 1. The summed E-state index contributed by atoms with van der Waals surface area (Å²) in [6.45, 7) is 0.465. The highest BCUT2D eigenvalue weighted by molar-refractivity contribution is 5.90. The number of pyridine rings is 1. The molecule has 7 nitrogen and oxygen atoms in total. The van der Waals surface area contributed by atoms with E-state index in [-0.39, 0.29) is 0 Å². The molecule has 0 radical (unpaired) electrons. The van der Waals surface area contributed by atoms with Crippen LogP contribution in [0.1, 0.15) is 5.69 Å². The molecule has 4 rings (SSSR count). The summed E-state index contributed by atoms with van der Waals surface area (Å²) in [5.74, 6) is 0. The summed E-state index contributed by atoms with van der Waals surface area (Å²) in [6, 6.07) is 9.63. The van der Waals surface area contributed by atoms with Gasteiger partial charge in [0.25, 0.3) is 0 Å². The van der Waals surface area contributed by atoms with Crippen LogP contribution in [-0.2, 0) is 0 Å². The Morgan fingerprint density at radius 1 is 1.10 bits per heavy atom. The fourth-order valence-corrected chi connectivity index (χ4v) is 3.07. The maximum Gasteiger partial charge on any atom is 0.405 e. The Kier molecular flexibility index (Phi) is 5.28. The first-order chi connectivity index (χ1) is 14.8. The van der Waals surface area contributed by atoms with Gasteiger partial charge in [0.2, 0.25) is 0 Å². The van der Waals surface area contributed by atoms with E-state index in [2.05, 4.69) is 20.3 Å². The van der Waals surface area contributed by atoms with Gasteiger partial charge in [0.1, 0.15) is 12.2 Å². The highest BCUT2D eigenvalue weighted by atomic mass is 19.4. The Balaban J connectivity index is 1.58. The minimum atomic E-state index is -4.47. The molecule has 0 fully saturated rings. The number of amides is 2. The second-order valence-corrected chi connectivity index (χ2v) is 6.84. The molecule has 10 heteroatoms. The fourth-order valence-electron chi connectivity index (χ4n) is 3.07. The Hall–Kier alpha value is -3.95. The number of anilines is 1. The Morgan fingerprint density at radius 3 is 2.71 bits per heavy atom. The van der Waals surface area contributed by atoms with E-state index in [1.807, 2.05) is 35.7 Å². The molecule has 1 aromatic carbocycles. The standard InChI is InChI=1S/C21H17F3N6O/c1-13-9-25-10-17(28-13)14-5-6-30-18(11-26-19(30)8-14)15-3-2-4-16(7-15)29-20(31)27-12-21(22,23)24/h2-11H,12H2,1H3,(H2,27,29,31). The van der Waals surface area contributed by atoms with Crippen LogP contribution in [0, 0.1) is 6.92 Å². The second kappa shape index (κ2) is 8.05. The fraction of sp³-hybridized carbons (Fsp3) is 0.143. The van der Waals surface area contributed by atoms with Crippen molar-refractivity contribution >= 4 is 17.4 Å². The van der Waals surface area contributed by atoms with Crippen LogP contribution in [0.25, 0.3) is 28.2 Å². The number of carbonyl (C=O) groups excluding carboxylic acids is 1. The molecule has 0 saturated heterocycles. The van der Waals surface area contributed by atoms with E-state index in [4.69, 9.17) is 0 Å². The lowest BCUT2D eigenvalue weighted by Crippen LogP contribution is -2.36. The van der Waals surface area contributed by atoms with Crippen molar-refractivity contribution in [2.75, 3.05) is 11.9 Å². The van der Waals surface area contributed by atoms with E-state index in [0.717, 1.165) is 28.2 Å². The van der Waals surface area contributed by atoms with Crippen molar-refractivity contribution in [3.8, 4) is 22.5 Å². The van der Waals surface area contributed by atoms with Crippen molar-refractivity contribution in [2.24, 2.45) is 0 Å². The maximum absolute atomic E-state index is 12.2. The van der Waals surface area contributed by atoms with Gasteiger partial charge in [-0.1, -0.05) is 12.1 Å². The molecule has 0 aliphatic heterocycles. The van der Waals surface area contributed by atoms with Crippen molar-refractivity contribution in [1.82, 2.24) is 24.7 Å². The molecule has 3 heterocycles. The van der Waals surface area contributed by atoms with Gasteiger partial charge in [0.05, 0.1) is 29.5 Å². The predicted octanol–water partition coefficient (Wildman–Crippen LogP) is 4.45. The Labute approximate surface area is 175 Å². The van der Waals surface area contributed by atoms with Gasteiger partial charge in [-0.05, 0) is 31.2 Å². The normalized spacial score (nSPS) is 11.5. The summed E-state index contributed by atoms with van der Waals surface area (Å²) in [5.41, 5.74) is 4.97. The van der Waals surface area contributed by atoms with Crippen molar-refractivity contribution in [3.05, 3.63) is 66.9 Å². The largest absolute Gasteiger partial charge is 0.405 e. The third kappa shape index (κ3) is 4.80. The lowest BCUT2D eigenvalue weighted by Gasteiger charge is -2.11. The average molecular weight is 426 g/mol. The van der Waals surface area contributed by atoms with E-state index in [1.165, 1.54) is 0 Å². The number of imidazole rings is 1. The van der Waals surface area contributed by atoms with Gasteiger partial charge in [0, 0.05) is 29.2 Å². The van der Waals surface area contributed by atoms with Crippen LogP contribution in [0.3, 0.4) is 0 Å². The SMILES string of the molecule is Cc1cncc(-c2ccn3c(-c4cccc(NC(=O)NCC(F)(F)F)c4)cnc3c2)n1. The zero-order valence-electron chi connectivity index (χ0n) is 16.3. The first-order valence-electron chi connectivity index (χ1n) is 9.27. The highest BCUT2D eigenvalue weighted by Crippen LogP contribution is 2.26. The van der Waals surface area contributed by atoms with E-state index in [1.54, 1.807) is 42.1 Å². The van der Waals surface area contributed by atoms with Gasteiger partial charge >= 0.3 is 12.2 Å². The topological polar surface area (TPSA) is 84.2 Å². The highest BCUT2D eigenvalue weighted by Gasteiger charge is 2.27. The third-order valence-corrected chi connectivity index (χ3v) is 4.43. The molecule has 0 aliphatic carbocycles. The molecule has 2 amide bonds. The van der Waals surface area contributed by atoms with Crippen molar-refractivity contribution in [1.29, 1.82) is 0 Å². The molecule has 158 valence electrons. The molecule has 0 bridgehead atoms. The lowest BCUT2D eigenvalue weighted by molar-refractivity contribution is -0.122. The molecule has 0 atom stereocenters. The van der Waals surface area contributed by atoms with Gasteiger partial charge in [-0.3, -0.25) is 9.38 Å². The summed E-state index contributed by atoms with van der Waals surface area (Å²) in [6.07, 6.45) is 2.43. The van der Waals surface area contributed by atoms with Crippen LogP contribution in [0.4, 0.5) is 23.7 Å².